The number of hydrogen-bond donors (Lipinski definition) is 2. The number of imidazole rings is 1. The largest absolute Gasteiger partial charge is 0.435 e. The first-order valence-electron chi connectivity index (χ1n) is 10.0. The van der Waals surface area contributed by atoms with Gasteiger partial charge in [0.1, 0.15) is 6.54 Å². The van der Waals surface area contributed by atoms with E-state index in [9.17, 15) is 26.7 Å². The fourth-order valence-electron chi connectivity index (χ4n) is 3.60. The number of nitrogens with two attached hydrogens (primary N) is 1. The summed E-state index contributed by atoms with van der Waals surface area (Å²) in [6, 6.07) is 4.89. The lowest BCUT2D eigenvalue weighted by atomic mass is 10.0. The van der Waals surface area contributed by atoms with Crippen LogP contribution in [0.5, 0.6) is 0 Å². The molecule has 0 bridgehead atoms. The monoisotopic (exact) mass is 479 g/mol. The van der Waals surface area contributed by atoms with Crippen molar-refractivity contribution in [1.29, 1.82) is 0 Å². The number of rotatable bonds is 7. The lowest BCUT2D eigenvalue weighted by Crippen LogP contribution is -2.13. The molecule has 34 heavy (non-hydrogen) atoms. The van der Waals surface area contributed by atoms with Gasteiger partial charge in [0.2, 0.25) is 5.91 Å². The number of carbonyl (C=O) groups excluding carboxylic acids is 1. The first-order chi connectivity index (χ1) is 16.1. The van der Waals surface area contributed by atoms with E-state index in [1.165, 1.54) is 23.0 Å². The molecule has 3 aromatic heterocycles. The molecule has 0 spiro atoms. The van der Waals surface area contributed by atoms with Crippen LogP contribution in [0.1, 0.15) is 28.5 Å². The maximum Gasteiger partial charge on any atom is 0.435 e. The number of hydrogen-bond acceptors (Lipinski definition) is 5. The summed E-state index contributed by atoms with van der Waals surface area (Å²) in [7, 11) is 0. The van der Waals surface area contributed by atoms with Crippen molar-refractivity contribution in [3.8, 4) is 11.3 Å². The minimum Gasteiger partial charge on any atom is -0.366 e. The number of halogens is 5. The van der Waals surface area contributed by atoms with E-state index in [1.807, 2.05) is 6.92 Å². The molecule has 3 heterocycles. The van der Waals surface area contributed by atoms with Crippen molar-refractivity contribution >= 4 is 23.1 Å². The molecule has 0 aliphatic heterocycles. The number of aryl methyl sites for hydroxylation is 1. The van der Waals surface area contributed by atoms with Gasteiger partial charge in [-0.15, -0.1) is 0 Å². The molecule has 0 aliphatic rings. The third kappa shape index (κ3) is 4.40. The Hall–Kier alpha value is -4.03. The molecular weight excluding hydrogens is 461 g/mol. The minimum absolute atomic E-state index is 0.00612. The van der Waals surface area contributed by atoms with Crippen molar-refractivity contribution in [3.63, 3.8) is 0 Å². The standard InChI is InChI=1S/C21H18F5N7O/c1-2-11-7-12(3-4-13(11)18(27)34)30-19-20-29-8-15(33(20)6-5-28-19)14-9-32(10-16(22)23)31-17(14)21(24,25)26/h3-9,16H,2,10H2,1H3,(H2,27,34)(H,28,30). The van der Waals surface area contributed by atoms with E-state index in [2.05, 4.69) is 20.4 Å². The van der Waals surface area contributed by atoms with Crippen LogP contribution in [0.25, 0.3) is 16.9 Å². The Labute approximate surface area is 189 Å². The van der Waals surface area contributed by atoms with Crippen LogP contribution in [0.2, 0.25) is 0 Å². The summed E-state index contributed by atoms with van der Waals surface area (Å²) in [6.07, 6.45) is -2.32. The Morgan fingerprint density at radius 1 is 1.24 bits per heavy atom. The molecule has 13 heteroatoms. The van der Waals surface area contributed by atoms with Gasteiger partial charge in [0.25, 0.3) is 6.43 Å². The highest BCUT2D eigenvalue weighted by Gasteiger charge is 2.38. The summed E-state index contributed by atoms with van der Waals surface area (Å²) in [4.78, 5) is 20.0. The van der Waals surface area contributed by atoms with Gasteiger partial charge in [-0.05, 0) is 30.2 Å². The molecule has 3 N–H and O–H groups in total. The molecule has 0 saturated heterocycles. The van der Waals surface area contributed by atoms with Crippen LogP contribution in [-0.2, 0) is 19.1 Å². The zero-order valence-electron chi connectivity index (χ0n) is 17.6. The third-order valence-electron chi connectivity index (χ3n) is 5.07. The summed E-state index contributed by atoms with van der Waals surface area (Å²) in [6.45, 7) is 0.882. The highest BCUT2D eigenvalue weighted by Crippen LogP contribution is 2.37. The van der Waals surface area contributed by atoms with Gasteiger partial charge in [-0.3, -0.25) is 13.9 Å². The van der Waals surface area contributed by atoms with Gasteiger partial charge in [0.15, 0.2) is 17.2 Å². The summed E-state index contributed by atoms with van der Waals surface area (Å²) in [5, 5.41) is 6.36. The highest BCUT2D eigenvalue weighted by molar-refractivity contribution is 5.95. The second-order valence-electron chi connectivity index (χ2n) is 7.33. The summed E-state index contributed by atoms with van der Waals surface area (Å²) in [5.74, 6) is -0.328. The smallest absolute Gasteiger partial charge is 0.366 e. The number of primary amides is 1. The van der Waals surface area contributed by atoms with E-state index in [0.717, 1.165) is 6.20 Å². The Balaban J connectivity index is 1.77. The Bertz CT molecular complexity index is 1360. The molecule has 1 aromatic carbocycles. The molecule has 1 amide bonds. The van der Waals surface area contributed by atoms with Crippen molar-refractivity contribution < 1.29 is 26.7 Å². The van der Waals surface area contributed by atoms with Crippen LogP contribution in [0.15, 0.2) is 43.0 Å². The van der Waals surface area contributed by atoms with E-state index in [0.29, 0.717) is 27.9 Å². The third-order valence-corrected chi connectivity index (χ3v) is 5.07. The molecule has 0 saturated carbocycles. The molecule has 0 atom stereocenters. The molecule has 4 rings (SSSR count). The number of benzene rings is 1. The number of nitrogens with one attached hydrogen (secondary N) is 1. The number of nitrogens with zero attached hydrogens (tertiary/aromatic N) is 5. The molecule has 0 unspecified atom stereocenters. The van der Waals surface area contributed by atoms with Crippen LogP contribution in [0.3, 0.4) is 0 Å². The van der Waals surface area contributed by atoms with Crippen molar-refractivity contribution in [3.05, 3.63) is 59.8 Å². The second-order valence-corrected chi connectivity index (χ2v) is 7.33. The van der Waals surface area contributed by atoms with E-state index in [1.54, 1.807) is 18.2 Å². The number of amides is 1. The van der Waals surface area contributed by atoms with Gasteiger partial charge < -0.3 is 11.1 Å². The fraction of sp³-hybridized carbons (Fsp3) is 0.238. The molecule has 8 nitrogen and oxygen atoms in total. The molecule has 4 aromatic rings. The first kappa shape index (κ1) is 23.1. The average molecular weight is 479 g/mol. The van der Waals surface area contributed by atoms with Crippen molar-refractivity contribution in [2.24, 2.45) is 5.73 Å². The predicted molar refractivity (Wildman–Crippen MR) is 113 cm³/mol. The first-order valence-corrected chi connectivity index (χ1v) is 10.0. The van der Waals surface area contributed by atoms with Crippen LogP contribution >= 0.6 is 0 Å². The molecular formula is C21H18F5N7O. The highest BCUT2D eigenvalue weighted by atomic mass is 19.4. The van der Waals surface area contributed by atoms with Crippen LogP contribution < -0.4 is 11.1 Å². The van der Waals surface area contributed by atoms with Gasteiger partial charge >= 0.3 is 6.18 Å². The summed E-state index contributed by atoms with van der Waals surface area (Å²) >= 11 is 0. The lowest BCUT2D eigenvalue weighted by Gasteiger charge is -2.11. The number of aromatic nitrogens is 5. The zero-order valence-corrected chi connectivity index (χ0v) is 17.6. The predicted octanol–water partition coefficient (Wildman–Crippen LogP) is 4.28. The maximum absolute atomic E-state index is 13.6. The van der Waals surface area contributed by atoms with Crippen molar-refractivity contribution in [2.75, 3.05) is 5.32 Å². The zero-order chi connectivity index (χ0) is 24.6. The number of anilines is 2. The fourth-order valence-corrected chi connectivity index (χ4v) is 3.60. The Kier molecular flexibility index (Phi) is 5.94. The molecule has 0 fully saturated rings. The Morgan fingerprint density at radius 2 is 2.00 bits per heavy atom. The lowest BCUT2D eigenvalue weighted by molar-refractivity contribution is -0.141. The van der Waals surface area contributed by atoms with E-state index in [4.69, 9.17) is 5.73 Å². The quantitative estimate of drug-likeness (QED) is 0.385. The average Bonchev–Trinajstić information content (AvgIpc) is 3.37. The second kappa shape index (κ2) is 8.72. The van der Waals surface area contributed by atoms with Crippen LogP contribution in [0, 0.1) is 0 Å². The van der Waals surface area contributed by atoms with Gasteiger partial charge in [-0.2, -0.15) is 18.3 Å². The maximum atomic E-state index is 13.6. The number of fused-ring (bicyclic) bond motifs is 1. The van der Waals surface area contributed by atoms with E-state index >= 15 is 0 Å². The number of carbonyl (C=O) groups is 1. The van der Waals surface area contributed by atoms with Crippen molar-refractivity contribution in [1.82, 2.24) is 24.1 Å². The van der Waals surface area contributed by atoms with Gasteiger partial charge in [-0.25, -0.2) is 18.7 Å². The van der Waals surface area contributed by atoms with Gasteiger partial charge in [0, 0.05) is 29.8 Å². The van der Waals surface area contributed by atoms with E-state index in [-0.39, 0.29) is 17.2 Å². The summed E-state index contributed by atoms with van der Waals surface area (Å²) in [5.41, 5.74) is 5.54. The van der Waals surface area contributed by atoms with Crippen LogP contribution in [0.4, 0.5) is 33.5 Å². The Morgan fingerprint density at radius 3 is 2.65 bits per heavy atom. The minimum atomic E-state index is -4.86. The molecule has 0 radical (unpaired) electrons. The van der Waals surface area contributed by atoms with Crippen molar-refractivity contribution in [2.45, 2.75) is 32.5 Å². The summed E-state index contributed by atoms with van der Waals surface area (Å²) < 4.78 is 68.1. The van der Waals surface area contributed by atoms with E-state index < -0.39 is 36.3 Å². The number of alkyl halides is 5. The van der Waals surface area contributed by atoms with Gasteiger partial charge in [-0.1, -0.05) is 6.92 Å². The SMILES string of the molecule is CCc1cc(Nc2nccn3c(-c4cn(CC(F)F)nc4C(F)(F)F)cnc23)ccc1C(N)=O. The molecule has 178 valence electrons. The van der Waals surface area contributed by atoms with Crippen LogP contribution in [-0.4, -0.2) is 36.5 Å². The topological polar surface area (TPSA) is 103 Å². The molecule has 0 aliphatic carbocycles. The normalized spacial score (nSPS) is 12.0. The van der Waals surface area contributed by atoms with Gasteiger partial charge in [0.05, 0.1) is 17.5 Å².